The molecule has 4 rings (SSSR count). The van der Waals surface area contributed by atoms with Crippen LogP contribution in [0.25, 0.3) is 0 Å². The summed E-state index contributed by atoms with van der Waals surface area (Å²) in [6.45, 7) is 2.12. The van der Waals surface area contributed by atoms with Crippen LogP contribution in [0.3, 0.4) is 0 Å². The van der Waals surface area contributed by atoms with Crippen molar-refractivity contribution < 1.29 is 18.3 Å². The average Bonchev–Trinajstić information content (AvgIpc) is 3.08. The van der Waals surface area contributed by atoms with Gasteiger partial charge in [0.05, 0.1) is 13.2 Å². The SMILES string of the molecule is Fc1cc(F)c2c(c1)N(C1CCC3(CC1)OCCO3)CC2. The van der Waals surface area contributed by atoms with Gasteiger partial charge in [0, 0.05) is 42.7 Å². The van der Waals surface area contributed by atoms with Crippen molar-refractivity contribution in [2.24, 2.45) is 0 Å². The zero-order valence-electron chi connectivity index (χ0n) is 11.9. The Bertz CT molecular complexity index is 547. The number of nitrogens with zero attached hydrogens (tertiary/aromatic N) is 1. The third-order valence-electron chi connectivity index (χ3n) is 5.02. The van der Waals surface area contributed by atoms with Gasteiger partial charge in [0.25, 0.3) is 0 Å². The number of rotatable bonds is 1. The first-order chi connectivity index (χ1) is 10.2. The maximum atomic E-state index is 13.8. The van der Waals surface area contributed by atoms with Crippen molar-refractivity contribution in [3.8, 4) is 0 Å². The van der Waals surface area contributed by atoms with E-state index >= 15 is 0 Å². The van der Waals surface area contributed by atoms with Gasteiger partial charge in [0.2, 0.25) is 0 Å². The van der Waals surface area contributed by atoms with Gasteiger partial charge in [-0.05, 0) is 25.3 Å². The summed E-state index contributed by atoms with van der Waals surface area (Å²) in [6, 6.07) is 2.78. The summed E-state index contributed by atoms with van der Waals surface area (Å²) in [5.74, 6) is -1.29. The van der Waals surface area contributed by atoms with Crippen LogP contribution in [0, 0.1) is 11.6 Å². The Kier molecular flexibility index (Phi) is 3.15. The molecule has 0 unspecified atom stereocenters. The van der Waals surface area contributed by atoms with E-state index in [0.717, 1.165) is 44.0 Å². The first-order valence-corrected chi connectivity index (χ1v) is 7.69. The van der Waals surface area contributed by atoms with E-state index in [1.54, 1.807) is 0 Å². The summed E-state index contributed by atoms with van der Waals surface area (Å²) in [4.78, 5) is 2.17. The standard InChI is InChI=1S/C16H19F2NO2/c17-11-9-14(18)13-3-6-19(15(13)10-11)12-1-4-16(5-2-12)20-7-8-21-16/h9-10,12H,1-8H2. The Hall–Kier alpha value is -1.20. The molecule has 1 saturated heterocycles. The van der Waals surface area contributed by atoms with Crippen LogP contribution in [-0.2, 0) is 15.9 Å². The Morgan fingerprint density at radius 1 is 1.10 bits per heavy atom. The van der Waals surface area contributed by atoms with E-state index < -0.39 is 11.6 Å². The van der Waals surface area contributed by atoms with Gasteiger partial charge in [-0.25, -0.2) is 8.78 Å². The molecule has 0 amide bonds. The van der Waals surface area contributed by atoms with Crippen molar-refractivity contribution >= 4 is 5.69 Å². The summed E-state index contributed by atoms with van der Waals surface area (Å²) in [6.07, 6.45) is 4.27. The van der Waals surface area contributed by atoms with E-state index in [9.17, 15) is 8.78 Å². The minimum absolute atomic E-state index is 0.325. The van der Waals surface area contributed by atoms with Gasteiger partial charge in [-0.2, -0.15) is 0 Å². The quantitative estimate of drug-likeness (QED) is 0.795. The first kappa shape index (κ1) is 13.5. The number of ether oxygens (including phenoxy) is 2. The number of hydrogen-bond donors (Lipinski definition) is 0. The monoisotopic (exact) mass is 295 g/mol. The third-order valence-corrected chi connectivity index (χ3v) is 5.02. The molecule has 0 aromatic heterocycles. The molecule has 1 spiro atoms. The molecular formula is C16H19F2NO2. The van der Waals surface area contributed by atoms with Gasteiger partial charge >= 0.3 is 0 Å². The number of fused-ring (bicyclic) bond motifs is 1. The number of hydrogen-bond acceptors (Lipinski definition) is 3. The van der Waals surface area contributed by atoms with Crippen molar-refractivity contribution in [1.29, 1.82) is 0 Å². The first-order valence-electron chi connectivity index (χ1n) is 7.69. The van der Waals surface area contributed by atoms with E-state index in [1.807, 2.05) is 0 Å². The number of halogens is 2. The van der Waals surface area contributed by atoms with Crippen LogP contribution < -0.4 is 4.90 Å². The molecule has 2 aliphatic heterocycles. The van der Waals surface area contributed by atoms with E-state index in [2.05, 4.69) is 4.90 Å². The predicted octanol–water partition coefficient (Wildman–Crippen LogP) is 3.01. The molecule has 2 heterocycles. The van der Waals surface area contributed by atoms with Crippen molar-refractivity contribution in [1.82, 2.24) is 0 Å². The topological polar surface area (TPSA) is 21.7 Å². The lowest BCUT2D eigenvalue weighted by Gasteiger charge is -2.40. The van der Waals surface area contributed by atoms with Crippen LogP contribution in [-0.4, -0.2) is 31.6 Å². The van der Waals surface area contributed by atoms with Gasteiger partial charge in [-0.3, -0.25) is 0 Å². The summed E-state index contributed by atoms with van der Waals surface area (Å²) in [7, 11) is 0. The highest BCUT2D eigenvalue weighted by atomic mass is 19.1. The van der Waals surface area contributed by atoms with Crippen LogP contribution in [0.2, 0.25) is 0 Å². The predicted molar refractivity (Wildman–Crippen MR) is 74.3 cm³/mol. The summed E-state index contributed by atoms with van der Waals surface area (Å²) < 4.78 is 38.8. The smallest absolute Gasteiger partial charge is 0.168 e. The summed E-state index contributed by atoms with van der Waals surface area (Å²) >= 11 is 0. The van der Waals surface area contributed by atoms with Gasteiger partial charge in [-0.1, -0.05) is 0 Å². The molecule has 0 atom stereocenters. The summed E-state index contributed by atoms with van der Waals surface area (Å²) in [5.41, 5.74) is 1.40. The normalized spacial score (nSPS) is 24.8. The summed E-state index contributed by atoms with van der Waals surface area (Å²) in [5, 5.41) is 0. The highest BCUT2D eigenvalue weighted by Gasteiger charge is 2.42. The second-order valence-electron chi connectivity index (χ2n) is 6.17. The molecule has 1 aromatic carbocycles. The van der Waals surface area contributed by atoms with Gasteiger partial charge in [-0.15, -0.1) is 0 Å². The van der Waals surface area contributed by atoms with Crippen molar-refractivity contribution in [3.63, 3.8) is 0 Å². The highest BCUT2D eigenvalue weighted by molar-refractivity contribution is 5.59. The maximum Gasteiger partial charge on any atom is 0.168 e. The molecule has 114 valence electrons. The Balaban J connectivity index is 1.52. The lowest BCUT2D eigenvalue weighted by Crippen LogP contribution is -2.43. The van der Waals surface area contributed by atoms with Gasteiger partial charge in [0.15, 0.2) is 5.79 Å². The van der Waals surface area contributed by atoms with Gasteiger partial charge < -0.3 is 14.4 Å². The zero-order chi connectivity index (χ0) is 14.4. The van der Waals surface area contributed by atoms with Crippen molar-refractivity contribution in [3.05, 3.63) is 29.3 Å². The maximum absolute atomic E-state index is 13.8. The minimum Gasteiger partial charge on any atom is -0.368 e. The van der Waals surface area contributed by atoms with Crippen LogP contribution in [0.5, 0.6) is 0 Å². The molecule has 3 nitrogen and oxygen atoms in total. The van der Waals surface area contributed by atoms with Crippen molar-refractivity contribution in [2.45, 2.75) is 43.9 Å². The van der Waals surface area contributed by atoms with E-state index in [-0.39, 0.29) is 5.79 Å². The molecule has 5 heteroatoms. The van der Waals surface area contributed by atoms with Crippen molar-refractivity contribution in [2.75, 3.05) is 24.7 Å². The molecule has 1 saturated carbocycles. The molecule has 1 aliphatic carbocycles. The van der Waals surface area contributed by atoms with Crippen LogP contribution in [0.1, 0.15) is 31.2 Å². The number of benzene rings is 1. The Morgan fingerprint density at radius 3 is 2.52 bits per heavy atom. The lowest BCUT2D eigenvalue weighted by molar-refractivity contribution is -0.178. The molecule has 0 radical (unpaired) electrons. The molecule has 21 heavy (non-hydrogen) atoms. The van der Waals surface area contributed by atoms with Crippen LogP contribution >= 0.6 is 0 Å². The molecule has 2 fully saturated rings. The minimum atomic E-state index is -0.493. The number of anilines is 1. The second-order valence-corrected chi connectivity index (χ2v) is 6.17. The Morgan fingerprint density at radius 2 is 1.81 bits per heavy atom. The van der Waals surface area contributed by atoms with Gasteiger partial charge in [0.1, 0.15) is 11.6 Å². The molecule has 0 N–H and O–H groups in total. The fourth-order valence-electron chi connectivity index (χ4n) is 3.97. The fourth-order valence-corrected chi connectivity index (χ4v) is 3.97. The molecular weight excluding hydrogens is 276 g/mol. The third kappa shape index (κ3) is 2.23. The fraction of sp³-hybridized carbons (Fsp3) is 0.625. The van der Waals surface area contributed by atoms with Crippen LogP contribution in [0.15, 0.2) is 12.1 Å². The lowest BCUT2D eigenvalue weighted by atomic mass is 9.89. The zero-order valence-corrected chi connectivity index (χ0v) is 11.9. The van der Waals surface area contributed by atoms with E-state index in [4.69, 9.17) is 9.47 Å². The van der Waals surface area contributed by atoms with E-state index in [1.165, 1.54) is 6.07 Å². The largest absolute Gasteiger partial charge is 0.368 e. The Labute approximate surface area is 122 Å². The van der Waals surface area contributed by atoms with E-state index in [0.29, 0.717) is 31.2 Å². The highest BCUT2D eigenvalue weighted by Crippen LogP contribution is 2.41. The van der Waals surface area contributed by atoms with Crippen LogP contribution in [0.4, 0.5) is 14.5 Å². The molecule has 0 bridgehead atoms. The molecule has 3 aliphatic rings. The second kappa shape index (κ2) is 4.92. The molecule has 1 aromatic rings. The average molecular weight is 295 g/mol.